The van der Waals surface area contributed by atoms with Crippen LogP contribution in [0.15, 0.2) is 23.1 Å². The molecule has 0 radical (unpaired) electrons. The first-order valence-electron chi connectivity index (χ1n) is 11.3. The van der Waals surface area contributed by atoms with E-state index in [2.05, 4.69) is 4.90 Å². The number of hydrogen-bond acceptors (Lipinski definition) is 6. The van der Waals surface area contributed by atoms with E-state index in [1.807, 2.05) is 0 Å². The number of anilines is 1. The average molecular weight is 467 g/mol. The fraction of sp³-hybridized carbons (Fsp3) is 0.636. The summed E-state index contributed by atoms with van der Waals surface area (Å²) in [5, 5.41) is 0. The maximum absolute atomic E-state index is 13.6. The summed E-state index contributed by atoms with van der Waals surface area (Å²) in [6, 6.07) is 4.92. The summed E-state index contributed by atoms with van der Waals surface area (Å²) in [7, 11) is -2.34. The SMILES string of the molecule is CCN(CC)S(=O)(=O)c1ccc(N2CCCC2)c(C(=O)N2CCCN(C(=O)OC)CC2)c1. The lowest BCUT2D eigenvalue weighted by Crippen LogP contribution is -2.38. The summed E-state index contributed by atoms with van der Waals surface area (Å²) in [6.45, 7) is 7.81. The number of carbonyl (C=O) groups excluding carboxylic acids is 2. The van der Waals surface area contributed by atoms with E-state index in [4.69, 9.17) is 4.74 Å². The van der Waals surface area contributed by atoms with E-state index in [0.717, 1.165) is 31.6 Å². The molecule has 1 aromatic rings. The van der Waals surface area contributed by atoms with Crippen LogP contribution in [0.1, 0.15) is 43.5 Å². The number of carbonyl (C=O) groups is 2. The third kappa shape index (κ3) is 5.01. The van der Waals surface area contributed by atoms with E-state index >= 15 is 0 Å². The van der Waals surface area contributed by atoms with Gasteiger partial charge in [-0.25, -0.2) is 13.2 Å². The first-order valence-corrected chi connectivity index (χ1v) is 12.8. The Morgan fingerprint density at radius 1 is 0.938 bits per heavy atom. The van der Waals surface area contributed by atoms with Crippen molar-refractivity contribution in [3.05, 3.63) is 23.8 Å². The van der Waals surface area contributed by atoms with Gasteiger partial charge in [0, 0.05) is 58.0 Å². The van der Waals surface area contributed by atoms with Gasteiger partial charge < -0.3 is 19.4 Å². The molecule has 3 rings (SSSR count). The molecule has 0 bridgehead atoms. The molecule has 0 spiro atoms. The topological polar surface area (TPSA) is 90.5 Å². The molecule has 9 nitrogen and oxygen atoms in total. The Hall–Kier alpha value is -2.33. The molecule has 2 heterocycles. The molecule has 0 atom stereocenters. The number of benzene rings is 1. The molecule has 178 valence electrons. The Labute approximate surface area is 190 Å². The summed E-state index contributed by atoms with van der Waals surface area (Å²) in [6.07, 6.45) is 2.33. The molecule has 0 aliphatic carbocycles. The highest BCUT2D eigenvalue weighted by Gasteiger charge is 2.29. The molecule has 0 N–H and O–H groups in total. The van der Waals surface area contributed by atoms with E-state index in [-0.39, 0.29) is 10.8 Å². The molecule has 2 saturated heterocycles. The molecule has 0 unspecified atom stereocenters. The standard InChI is InChI=1S/C22H34N4O5S/c1-4-26(5-2)32(29,30)18-9-10-20(23-11-6-7-12-23)19(17-18)21(27)24-13-8-14-25(16-15-24)22(28)31-3/h9-10,17H,4-8,11-16H2,1-3H3. The van der Waals surface area contributed by atoms with Gasteiger partial charge in [0.15, 0.2) is 0 Å². The molecule has 0 saturated carbocycles. The lowest BCUT2D eigenvalue weighted by Gasteiger charge is -2.27. The second kappa shape index (κ2) is 10.5. The van der Waals surface area contributed by atoms with Gasteiger partial charge in [0.05, 0.1) is 17.6 Å². The van der Waals surface area contributed by atoms with E-state index in [0.29, 0.717) is 51.3 Å². The monoisotopic (exact) mass is 466 g/mol. The smallest absolute Gasteiger partial charge is 0.409 e. The normalized spacial score (nSPS) is 17.6. The van der Waals surface area contributed by atoms with Crippen LogP contribution in [-0.2, 0) is 14.8 Å². The first kappa shape index (κ1) is 24.3. The van der Waals surface area contributed by atoms with Crippen molar-refractivity contribution < 1.29 is 22.7 Å². The number of methoxy groups -OCH3 is 1. The van der Waals surface area contributed by atoms with Gasteiger partial charge in [-0.05, 0) is 37.5 Å². The molecular formula is C22H34N4O5S. The third-order valence-corrected chi connectivity index (χ3v) is 8.25. The summed E-state index contributed by atoms with van der Waals surface area (Å²) in [5.74, 6) is -0.199. The van der Waals surface area contributed by atoms with E-state index in [1.54, 1.807) is 35.8 Å². The Morgan fingerprint density at radius 2 is 1.56 bits per heavy atom. The summed E-state index contributed by atoms with van der Waals surface area (Å²) in [5.41, 5.74) is 1.19. The van der Waals surface area contributed by atoms with Crippen molar-refractivity contribution in [2.24, 2.45) is 0 Å². The van der Waals surface area contributed by atoms with Crippen LogP contribution in [0.3, 0.4) is 0 Å². The predicted molar refractivity (Wildman–Crippen MR) is 122 cm³/mol. The van der Waals surface area contributed by atoms with Crippen molar-refractivity contribution in [2.75, 3.05) is 64.4 Å². The Balaban J connectivity index is 1.95. The molecule has 2 aliphatic heterocycles. The Kier molecular flexibility index (Phi) is 8.00. The van der Waals surface area contributed by atoms with E-state index < -0.39 is 16.1 Å². The Bertz CT molecular complexity index is 926. The fourth-order valence-corrected chi connectivity index (χ4v) is 5.88. The average Bonchev–Trinajstić information content (AvgIpc) is 3.22. The van der Waals surface area contributed by atoms with Crippen LogP contribution < -0.4 is 4.90 Å². The van der Waals surface area contributed by atoms with Gasteiger partial charge >= 0.3 is 6.09 Å². The maximum Gasteiger partial charge on any atom is 0.409 e. The maximum atomic E-state index is 13.6. The molecule has 1 aromatic carbocycles. The first-order chi connectivity index (χ1) is 15.3. The van der Waals surface area contributed by atoms with Crippen molar-refractivity contribution in [1.82, 2.24) is 14.1 Å². The van der Waals surface area contributed by atoms with Gasteiger partial charge in [-0.2, -0.15) is 4.31 Å². The summed E-state index contributed by atoms with van der Waals surface area (Å²) in [4.78, 5) is 31.1. The second-order valence-corrected chi connectivity index (χ2v) is 10.0. The van der Waals surface area contributed by atoms with Crippen LogP contribution in [0, 0.1) is 0 Å². The van der Waals surface area contributed by atoms with Crippen molar-refractivity contribution in [3.8, 4) is 0 Å². The van der Waals surface area contributed by atoms with Crippen LogP contribution in [0.2, 0.25) is 0 Å². The number of hydrogen-bond donors (Lipinski definition) is 0. The molecule has 2 fully saturated rings. The number of sulfonamides is 1. The summed E-state index contributed by atoms with van der Waals surface area (Å²) < 4.78 is 32.4. The predicted octanol–water partition coefficient (Wildman–Crippen LogP) is 2.23. The number of ether oxygens (including phenoxy) is 1. The number of amides is 2. The largest absolute Gasteiger partial charge is 0.453 e. The van der Waals surface area contributed by atoms with Crippen LogP contribution in [-0.4, -0.2) is 94.0 Å². The van der Waals surface area contributed by atoms with Crippen molar-refractivity contribution in [3.63, 3.8) is 0 Å². The van der Waals surface area contributed by atoms with Gasteiger partial charge in [-0.3, -0.25) is 4.79 Å². The van der Waals surface area contributed by atoms with E-state index in [1.165, 1.54) is 17.5 Å². The minimum absolute atomic E-state index is 0.138. The highest BCUT2D eigenvalue weighted by Crippen LogP contribution is 2.30. The molecule has 0 aromatic heterocycles. The zero-order valence-corrected chi connectivity index (χ0v) is 20.1. The van der Waals surface area contributed by atoms with Gasteiger partial charge in [0.2, 0.25) is 10.0 Å². The molecule has 32 heavy (non-hydrogen) atoms. The Morgan fingerprint density at radius 3 is 2.19 bits per heavy atom. The number of nitrogens with zero attached hydrogens (tertiary/aromatic N) is 4. The lowest BCUT2D eigenvalue weighted by atomic mass is 10.1. The van der Waals surface area contributed by atoms with Crippen molar-refractivity contribution in [2.45, 2.75) is 38.0 Å². The van der Waals surface area contributed by atoms with Crippen LogP contribution in [0.5, 0.6) is 0 Å². The van der Waals surface area contributed by atoms with Crippen LogP contribution >= 0.6 is 0 Å². The van der Waals surface area contributed by atoms with E-state index in [9.17, 15) is 18.0 Å². The van der Waals surface area contributed by atoms with Crippen LogP contribution in [0.4, 0.5) is 10.5 Å². The third-order valence-electron chi connectivity index (χ3n) is 6.20. The van der Waals surface area contributed by atoms with Gasteiger partial charge in [0.25, 0.3) is 5.91 Å². The number of rotatable bonds is 6. The van der Waals surface area contributed by atoms with Gasteiger partial charge in [0.1, 0.15) is 0 Å². The van der Waals surface area contributed by atoms with Crippen molar-refractivity contribution >= 4 is 27.7 Å². The highest BCUT2D eigenvalue weighted by molar-refractivity contribution is 7.89. The minimum Gasteiger partial charge on any atom is -0.453 e. The lowest BCUT2D eigenvalue weighted by molar-refractivity contribution is 0.0757. The van der Waals surface area contributed by atoms with Gasteiger partial charge in [-0.1, -0.05) is 13.8 Å². The quantitative estimate of drug-likeness (QED) is 0.639. The molecule has 2 amide bonds. The molecular weight excluding hydrogens is 432 g/mol. The van der Waals surface area contributed by atoms with Crippen LogP contribution in [0.25, 0.3) is 0 Å². The fourth-order valence-electron chi connectivity index (χ4n) is 4.40. The zero-order valence-electron chi connectivity index (χ0n) is 19.2. The molecule has 2 aliphatic rings. The van der Waals surface area contributed by atoms with Crippen molar-refractivity contribution in [1.29, 1.82) is 0 Å². The summed E-state index contributed by atoms with van der Waals surface area (Å²) >= 11 is 0. The second-order valence-electron chi connectivity index (χ2n) is 8.07. The highest BCUT2D eigenvalue weighted by atomic mass is 32.2. The zero-order chi connectivity index (χ0) is 23.3. The molecule has 10 heteroatoms. The minimum atomic E-state index is -3.68. The van der Waals surface area contributed by atoms with Gasteiger partial charge in [-0.15, -0.1) is 0 Å².